The minimum absolute atomic E-state index is 0.109. The van der Waals surface area contributed by atoms with Gasteiger partial charge in [0, 0.05) is 55.7 Å². The smallest absolute Gasteiger partial charge is 0.241 e. The normalized spacial score (nSPS) is 16.6. The summed E-state index contributed by atoms with van der Waals surface area (Å²) in [5, 5.41) is 14.1. The highest BCUT2D eigenvalue weighted by atomic mass is 32.2. The molecular formula is C21H27N5O4S. The van der Waals surface area contributed by atoms with Crippen LogP contribution in [-0.4, -0.2) is 64.8 Å². The van der Waals surface area contributed by atoms with Crippen molar-refractivity contribution in [2.24, 2.45) is 5.92 Å². The number of piperidine rings is 1. The molecule has 166 valence electrons. The number of hydrogen-bond acceptors (Lipinski definition) is 5. The molecule has 9 nitrogen and oxygen atoms in total. The second-order valence-electron chi connectivity index (χ2n) is 7.88. The first-order valence-electron chi connectivity index (χ1n) is 10.4. The predicted molar refractivity (Wildman–Crippen MR) is 116 cm³/mol. The van der Waals surface area contributed by atoms with Gasteiger partial charge in [0.1, 0.15) is 6.04 Å². The van der Waals surface area contributed by atoms with E-state index in [2.05, 4.69) is 14.8 Å². The highest BCUT2D eigenvalue weighted by Gasteiger charge is 2.32. The summed E-state index contributed by atoms with van der Waals surface area (Å²) >= 11 is 0. The molecule has 3 heterocycles. The number of carbonyl (C=O) groups is 1. The highest BCUT2D eigenvalue weighted by Crippen LogP contribution is 2.23. The second-order valence-corrected chi connectivity index (χ2v) is 9.56. The van der Waals surface area contributed by atoms with Crippen LogP contribution in [0.15, 0.2) is 53.8 Å². The molecule has 10 heteroatoms. The number of aliphatic hydroxyl groups is 1. The van der Waals surface area contributed by atoms with E-state index in [1.807, 2.05) is 0 Å². The Labute approximate surface area is 181 Å². The largest absolute Gasteiger partial charge is 0.396 e. The predicted octanol–water partition coefficient (Wildman–Crippen LogP) is 1.33. The molecule has 1 aromatic carbocycles. The Hall–Kier alpha value is -2.69. The number of fused-ring (bicyclic) bond motifs is 1. The standard InChI is InChI=1S/C21H27N5O4S/c27-15-16-6-12-25(13-7-16)21(28)19(8-14-26-11-2-9-23-26)24-31(29,30)20-4-1-3-18-17(20)5-10-22-18/h1-5,9-11,16,19,22,24,27H,6-8,12-15H2. The number of hydrogen-bond donors (Lipinski definition) is 3. The number of benzene rings is 1. The summed E-state index contributed by atoms with van der Waals surface area (Å²) in [7, 11) is -3.93. The first kappa shape index (κ1) is 21.5. The molecule has 1 unspecified atom stereocenters. The number of carbonyl (C=O) groups excluding carboxylic acids is 1. The summed E-state index contributed by atoms with van der Waals surface area (Å²) in [5.41, 5.74) is 0.716. The van der Waals surface area contributed by atoms with Crippen LogP contribution in [0, 0.1) is 5.92 Å². The molecule has 0 spiro atoms. The molecule has 3 aromatic rings. The maximum Gasteiger partial charge on any atom is 0.241 e. The number of aromatic amines is 1. The number of nitrogens with one attached hydrogen (secondary N) is 2. The fraction of sp³-hybridized carbons (Fsp3) is 0.429. The molecule has 0 bridgehead atoms. The lowest BCUT2D eigenvalue weighted by atomic mass is 9.97. The van der Waals surface area contributed by atoms with Gasteiger partial charge in [0.05, 0.1) is 4.90 Å². The Morgan fingerprint density at radius 2 is 2.06 bits per heavy atom. The fourth-order valence-corrected chi connectivity index (χ4v) is 5.47. The van der Waals surface area contributed by atoms with Crippen LogP contribution in [0.25, 0.3) is 10.9 Å². The van der Waals surface area contributed by atoms with Gasteiger partial charge in [-0.25, -0.2) is 8.42 Å². The molecule has 1 fully saturated rings. The number of aromatic nitrogens is 3. The summed E-state index contributed by atoms with van der Waals surface area (Å²) < 4.78 is 30.8. The molecular weight excluding hydrogens is 418 g/mol. The summed E-state index contributed by atoms with van der Waals surface area (Å²) in [4.78, 5) is 18.1. The van der Waals surface area contributed by atoms with Crippen LogP contribution in [0.5, 0.6) is 0 Å². The number of nitrogens with zero attached hydrogens (tertiary/aromatic N) is 3. The van der Waals surface area contributed by atoms with Crippen LogP contribution in [0.3, 0.4) is 0 Å². The lowest BCUT2D eigenvalue weighted by molar-refractivity contribution is -0.134. The SMILES string of the molecule is O=C(C(CCn1cccn1)NS(=O)(=O)c1cccc2[nH]ccc12)N1CCC(CO)CC1. The zero-order chi connectivity index (χ0) is 21.8. The molecule has 4 rings (SSSR count). The number of H-pyrrole nitrogens is 1. The van der Waals surface area contributed by atoms with Crippen LogP contribution in [0.4, 0.5) is 0 Å². The van der Waals surface area contributed by atoms with Crippen molar-refractivity contribution in [3.05, 3.63) is 48.9 Å². The van der Waals surface area contributed by atoms with E-state index in [0.29, 0.717) is 43.4 Å². The lowest BCUT2D eigenvalue weighted by Crippen LogP contribution is -2.51. The zero-order valence-electron chi connectivity index (χ0n) is 17.1. The van der Waals surface area contributed by atoms with E-state index in [1.165, 1.54) is 0 Å². The fourth-order valence-electron chi connectivity index (χ4n) is 4.02. The molecule has 2 aromatic heterocycles. The lowest BCUT2D eigenvalue weighted by Gasteiger charge is -2.33. The summed E-state index contributed by atoms with van der Waals surface area (Å²) in [6.45, 7) is 1.54. The van der Waals surface area contributed by atoms with Gasteiger partial charge in [0.25, 0.3) is 0 Å². The van der Waals surface area contributed by atoms with Crippen molar-refractivity contribution in [2.75, 3.05) is 19.7 Å². The van der Waals surface area contributed by atoms with Gasteiger partial charge in [-0.15, -0.1) is 0 Å². The minimum Gasteiger partial charge on any atom is -0.396 e. The van der Waals surface area contributed by atoms with Gasteiger partial charge in [-0.3, -0.25) is 9.48 Å². The molecule has 1 aliphatic heterocycles. The maximum absolute atomic E-state index is 13.3. The van der Waals surface area contributed by atoms with Gasteiger partial charge in [-0.2, -0.15) is 9.82 Å². The van der Waals surface area contributed by atoms with Gasteiger partial charge in [-0.05, 0) is 49.4 Å². The average Bonchev–Trinajstić information content (AvgIpc) is 3.47. The van der Waals surface area contributed by atoms with E-state index in [-0.39, 0.29) is 29.7 Å². The number of rotatable bonds is 8. The number of aryl methyl sites for hydroxylation is 1. The zero-order valence-corrected chi connectivity index (χ0v) is 18.0. The molecule has 1 saturated heterocycles. The van der Waals surface area contributed by atoms with Gasteiger partial charge >= 0.3 is 0 Å². The number of likely N-dealkylation sites (tertiary alicyclic amines) is 1. The van der Waals surface area contributed by atoms with Gasteiger partial charge in [-0.1, -0.05) is 6.07 Å². The van der Waals surface area contributed by atoms with Gasteiger partial charge in [0.2, 0.25) is 15.9 Å². The van der Waals surface area contributed by atoms with Crippen LogP contribution < -0.4 is 4.72 Å². The highest BCUT2D eigenvalue weighted by molar-refractivity contribution is 7.89. The van der Waals surface area contributed by atoms with E-state index in [1.54, 1.807) is 58.5 Å². The van der Waals surface area contributed by atoms with Crippen LogP contribution in [0.1, 0.15) is 19.3 Å². The van der Waals surface area contributed by atoms with Crippen LogP contribution in [0.2, 0.25) is 0 Å². The topological polar surface area (TPSA) is 120 Å². The van der Waals surface area contributed by atoms with Gasteiger partial charge in [0.15, 0.2) is 0 Å². The summed E-state index contributed by atoms with van der Waals surface area (Å²) in [6, 6.07) is 7.61. The van der Waals surface area contributed by atoms with Crippen molar-refractivity contribution in [3.63, 3.8) is 0 Å². The Morgan fingerprint density at radius 1 is 1.26 bits per heavy atom. The van der Waals surface area contributed by atoms with Crippen LogP contribution >= 0.6 is 0 Å². The molecule has 1 amide bonds. The van der Waals surface area contributed by atoms with E-state index in [4.69, 9.17) is 0 Å². The third kappa shape index (κ3) is 4.81. The molecule has 1 aliphatic rings. The Kier molecular flexibility index (Phi) is 6.40. The Balaban J connectivity index is 1.56. The third-order valence-electron chi connectivity index (χ3n) is 5.83. The van der Waals surface area contributed by atoms with E-state index < -0.39 is 16.1 Å². The van der Waals surface area contributed by atoms with Gasteiger partial charge < -0.3 is 15.0 Å². The minimum atomic E-state index is -3.93. The van der Waals surface area contributed by atoms with Crippen molar-refractivity contribution in [1.82, 2.24) is 24.4 Å². The Morgan fingerprint density at radius 3 is 2.77 bits per heavy atom. The quantitative estimate of drug-likeness (QED) is 0.483. The van der Waals surface area contributed by atoms with Crippen molar-refractivity contribution >= 4 is 26.8 Å². The van der Waals surface area contributed by atoms with Crippen molar-refractivity contribution in [2.45, 2.75) is 36.7 Å². The molecule has 3 N–H and O–H groups in total. The Bertz CT molecular complexity index is 1120. The van der Waals surface area contributed by atoms with E-state index >= 15 is 0 Å². The second kappa shape index (κ2) is 9.21. The molecule has 0 saturated carbocycles. The first-order chi connectivity index (χ1) is 15.0. The van der Waals surface area contributed by atoms with Crippen LogP contribution in [-0.2, 0) is 21.4 Å². The van der Waals surface area contributed by atoms with E-state index in [9.17, 15) is 18.3 Å². The average molecular weight is 446 g/mol. The van der Waals surface area contributed by atoms with Crippen molar-refractivity contribution < 1.29 is 18.3 Å². The molecule has 31 heavy (non-hydrogen) atoms. The summed E-state index contributed by atoms with van der Waals surface area (Å²) in [6.07, 6.45) is 6.82. The van der Waals surface area contributed by atoms with E-state index in [0.717, 1.165) is 0 Å². The molecule has 1 atom stereocenters. The number of aliphatic hydroxyl groups excluding tert-OH is 1. The summed E-state index contributed by atoms with van der Waals surface area (Å²) in [5.74, 6) is -0.0529. The first-order valence-corrected chi connectivity index (χ1v) is 11.9. The molecule has 0 aliphatic carbocycles. The number of amides is 1. The van der Waals surface area contributed by atoms with Crippen molar-refractivity contribution in [3.8, 4) is 0 Å². The monoisotopic (exact) mass is 445 g/mol. The molecule has 0 radical (unpaired) electrons. The maximum atomic E-state index is 13.3. The number of sulfonamides is 1. The third-order valence-corrected chi connectivity index (χ3v) is 7.36. The van der Waals surface area contributed by atoms with Crippen molar-refractivity contribution in [1.29, 1.82) is 0 Å².